The van der Waals surface area contributed by atoms with Crippen molar-refractivity contribution in [3.63, 3.8) is 0 Å². The van der Waals surface area contributed by atoms with Crippen LogP contribution in [0.1, 0.15) is 38.5 Å². The Balaban J connectivity index is 3.68. The third kappa shape index (κ3) is 6.01. The van der Waals surface area contributed by atoms with Crippen LogP contribution in [0.15, 0.2) is 0 Å². The van der Waals surface area contributed by atoms with Gasteiger partial charge < -0.3 is 9.66 Å². The summed E-state index contributed by atoms with van der Waals surface area (Å²) in [6, 6.07) is 0. The first-order chi connectivity index (χ1) is 6.81. The third-order valence-electron chi connectivity index (χ3n) is 1.99. The van der Waals surface area contributed by atoms with Crippen LogP contribution in [0.2, 0.25) is 0 Å². The van der Waals surface area contributed by atoms with Gasteiger partial charge in [-0.1, -0.05) is 19.3 Å². The Morgan fingerprint density at radius 1 is 1.07 bits per heavy atom. The molecule has 0 rings (SSSR count). The van der Waals surface area contributed by atoms with Crippen molar-refractivity contribution in [2.75, 3.05) is 6.61 Å². The molecule has 0 aromatic heterocycles. The van der Waals surface area contributed by atoms with Crippen molar-refractivity contribution in [3.8, 4) is 0 Å². The molecule has 0 aliphatic rings. The smallest absolute Gasteiger partial charge is 0.334 e. The predicted octanol–water partition coefficient (Wildman–Crippen LogP) is 1.46. The molecule has 0 aliphatic heterocycles. The maximum Gasteiger partial charge on any atom is 0.334 e. The van der Waals surface area contributed by atoms with Crippen LogP contribution in [-0.2, 0) is 10.1 Å². The number of hydrogen-bond donors (Lipinski definition) is 1. The molecule has 0 saturated heterocycles. The zero-order valence-electron chi connectivity index (χ0n) is 8.29. The second kappa shape index (κ2) is 6.34. The monoisotopic (exact) mass is 245 g/mol. The van der Waals surface area contributed by atoms with E-state index in [1.807, 2.05) is 0 Å². The van der Waals surface area contributed by atoms with E-state index in [9.17, 15) is 21.8 Å². The van der Waals surface area contributed by atoms with E-state index in [0.717, 1.165) is 0 Å². The fraction of sp³-hybridized carbons (Fsp3) is 1.00. The first-order valence-corrected chi connectivity index (χ1v) is 6.16. The molecule has 0 radical (unpaired) electrons. The summed E-state index contributed by atoms with van der Waals surface area (Å²) in [4.78, 5) is 0. The van der Waals surface area contributed by atoms with Crippen molar-refractivity contribution in [2.24, 2.45) is 0 Å². The summed E-state index contributed by atoms with van der Waals surface area (Å²) in [6.07, 6.45) is 1.49. The fourth-order valence-electron chi connectivity index (χ4n) is 1.10. The van der Waals surface area contributed by atoms with E-state index in [-0.39, 0.29) is 13.0 Å². The van der Waals surface area contributed by atoms with Gasteiger partial charge in [0.15, 0.2) is 10.1 Å². The standard InChI is InChI=1S/C8H16F2O4S/c9-8(10,15(12,13)14)6-4-2-1-3-5-7-11/h11H,1-7H2,(H,12,13,14)/p-1. The Kier molecular flexibility index (Phi) is 6.23. The lowest BCUT2D eigenvalue weighted by Crippen LogP contribution is -2.28. The van der Waals surface area contributed by atoms with Gasteiger partial charge in [0.25, 0.3) is 0 Å². The molecule has 0 saturated carbocycles. The Labute approximate surface area is 88.0 Å². The van der Waals surface area contributed by atoms with Gasteiger partial charge in [0.2, 0.25) is 0 Å². The molecule has 0 aromatic rings. The molecule has 15 heavy (non-hydrogen) atoms. The van der Waals surface area contributed by atoms with E-state index in [2.05, 4.69) is 0 Å². The number of aliphatic hydroxyl groups is 1. The molecule has 0 unspecified atom stereocenters. The van der Waals surface area contributed by atoms with Crippen LogP contribution in [0, 0.1) is 0 Å². The second-order valence-electron chi connectivity index (χ2n) is 3.33. The lowest BCUT2D eigenvalue weighted by Gasteiger charge is -2.19. The quantitative estimate of drug-likeness (QED) is 0.518. The Morgan fingerprint density at radius 2 is 1.53 bits per heavy atom. The molecule has 0 heterocycles. The van der Waals surface area contributed by atoms with Gasteiger partial charge in [0.05, 0.1) is 0 Å². The highest BCUT2D eigenvalue weighted by atomic mass is 32.2. The zero-order chi connectivity index (χ0) is 11.9. The topological polar surface area (TPSA) is 77.4 Å². The summed E-state index contributed by atoms with van der Waals surface area (Å²) < 4.78 is 55.4. The van der Waals surface area contributed by atoms with Crippen molar-refractivity contribution in [1.82, 2.24) is 0 Å². The minimum atomic E-state index is -5.52. The molecule has 4 nitrogen and oxygen atoms in total. The lowest BCUT2D eigenvalue weighted by molar-refractivity contribution is 0.0670. The van der Waals surface area contributed by atoms with E-state index >= 15 is 0 Å². The Hall–Kier alpha value is -0.270. The number of unbranched alkanes of at least 4 members (excludes halogenated alkanes) is 4. The van der Waals surface area contributed by atoms with Crippen LogP contribution in [0.5, 0.6) is 0 Å². The van der Waals surface area contributed by atoms with Gasteiger partial charge >= 0.3 is 5.25 Å². The summed E-state index contributed by atoms with van der Waals surface area (Å²) in [7, 11) is -5.52. The average molecular weight is 245 g/mol. The number of hydrogen-bond acceptors (Lipinski definition) is 4. The first-order valence-electron chi connectivity index (χ1n) is 4.75. The highest BCUT2D eigenvalue weighted by Crippen LogP contribution is 2.27. The molecule has 0 aliphatic carbocycles. The van der Waals surface area contributed by atoms with Crippen molar-refractivity contribution in [2.45, 2.75) is 43.8 Å². The molecule has 0 spiro atoms. The van der Waals surface area contributed by atoms with Crippen LogP contribution in [0.25, 0.3) is 0 Å². The van der Waals surface area contributed by atoms with Crippen molar-refractivity contribution in [3.05, 3.63) is 0 Å². The van der Waals surface area contributed by atoms with Crippen molar-refractivity contribution < 1.29 is 26.9 Å². The SMILES string of the molecule is O=S(=O)([O-])C(F)(F)CCCCCCCO. The van der Waals surface area contributed by atoms with Gasteiger partial charge in [0.1, 0.15) is 0 Å². The molecular formula is C8H15F2O4S-. The lowest BCUT2D eigenvalue weighted by atomic mass is 10.1. The number of aliphatic hydroxyl groups excluding tert-OH is 1. The molecule has 0 aromatic carbocycles. The van der Waals surface area contributed by atoms with Crippen LogP contribution >= 0.6 is 0 Å². The first kappa shape index (κ1) is 14.7. The second-order valence-corrected chi connectivity index (χ2v) is 4.84. The van der Waals surface area contributed by atoms with Gasteiger partial charge in [-0.3, -0.25) is 0 Å². The van der Waals surface area contributed by atoms with Gasteiger partial charge in [-0.05, 0) is 12.8 Å². The van der Waals surface area contributed by atoms with Gasteiger partial charge in [-0.2, -0.15) is 8.78 Å². The summed E-state index contributed by atoms with van der Waals surface area (Å²) in [6.45, 7) is 0.0606. The highest BCUT2D eigenvalue weighted by molar-refractivity contribution is 7.86. The van der Waals surface area contributed by atoms with Gasteiger partial charge in [-0.15, -0.1) is 0 Å². The maximum atomic E-state index is 12.6. The third-order valence-corrected chi connectivity index (χ3v) is 2.93. The summed E-state index contributed by atoms with van der Waals surface area (Å²) in [5.41, 5.74) is 0. The van der Waals surface area contributed by atoms with Gasteiger partial charge in [-0.25, -0.2) is 8.42 Å². The predicted molar refractivity (Wildman–Crippen MR) is 49.4 cm³/mol. The summed E-state index contributed by atoms with van der Waals surface area (Å²) in [5.74, 6) is 0. The zero-order valence-corrected chi connectivity index (χ0v) is 9.10. The number of halogens is 2. The Bertz CT molecular complexity index is 264. The molecule has 0 amide bonds. The highest BCUT2D eigenvalue weighted by Gasteiger charge is 2.36. The minimum absolute atomic E-state index is 0.000101. The number of rotatable bonds is 8. The molecule has 7 heteroatoms. The molecule has 92 valence electrons. The van der Waals surface area contributed by atoms with E-state index in [4.69, 9.17) is 5.11 Å². The average Bonchev–Trinajstić information content (AvgIpc) is 2.09. The maximum absolute atomic E-state index is 12.6. The normalized spacial score (nSPS) is 13.1. The van der Waals surface area contributed by atoms with Crippen LogP contribution < -0.4 is 0 Å². The van der Waals surface area contributed by atoms with Crippen LogP contribution in [-0.4, -0.2) is 29.9 Å². The van der Waals surface area contributed by atoms with E-state index in [1.54, 1.807) is 0 Å². The molecule has 1 N–H and O–H groups in total. The minimum Gasteiger partial charge on any atom is -0.743 e. The number of alkyl halides is 2. The Morgan fingerprint density at radius 3 is 2.00 bits per heavy atom. The summed E-state index contributed by atoms with van der Waals surface area (Å²) >= 11 is 0. The largest absolute Gasteiger partial charge is 0.743 e. The van der Waals surface area contributed by atoms with Crippen LogP contribution in [0.3, 0.4) is 0 Å². The van der Waals surface area contributed by atoms with Crippen molar-refractivity contribution in [1.29, 1.82) is 0 Å². The molecule has 0 bridgehead atoms. The van der Waals surface area contributed by atoms with E-state index in [0.29, 0.717) is 25.7 Å². The van der Waals surface area contributed by atoms with E-state index in [1.165, 1.54) is 0 Å². The van der Waals surface area contributed by atoms with Gasteiger partial charge in [0, 0.05) is 13.0 Å². The molecule has 0 fully saturated rings. The molecule has 0 atom stereocenters. The summed E-state index contributed by atoms with van der Waals surface area (Å²) in [5, 5.41) is 4.27. The fourth-order valence-corrected chi connectivity index (χ4v) is 1.49. The molecular weight excluding hydrogens is 230 g/mol. The van der Waals surface area contributed by atoms with Crippen LogP contribution in [0.4, 0.5) is 8.78 Å². The van der Waals surface area contributed by atoms with E-state index < -0.39 is 21.8 Å². The van der Waals surface area contributed by atoms with Crippen molar-refractivity contribution >= 4 is 10.1 Å².